The lowest BCUT2D eigenvalue weighted by Crippen LogP contribution is -2.07. The predicted molar refractivity (Wildman–Crippen MR) is 86.9 cm³/mol. The molecule has 2 aromatic heterocycles. The number of aromatic nitrogens is 4. The first-order chi connectivity index (χ1) is 11.2. The molecule has 3 N–H and O–H groups in total. The van der Waals surface area contributed by atoms with Gasteiger partial charge in [0.1, 0.15) is 11.3 Å². The summed E-state index contributed by atoms with van der Waals surface area (Å²) in [5.41, 5.74) is 8.10. The monoisotopic (exact) mass is 312 g/mol. The van der Waals surface area contributed by atoms with E-state index in [1.54, 1.807) is 18.5 Å². The molecule has 0 spiro atoms. The van der Waals surface area contributed by atoms with E-state index in [-0.39, 0.29) is 5.82 Å². The second kappa shape index (κ2) is 5.49. The Morgan fingerprint density at radius 1 is 1.13 bits per heavy atom. The summed E-state index contributed by atoms with van der Waals surface area (Å²) in [6, 6.07) is 6.45. The average molecular weight is 312 g/mol. The van der Waals surface area contributed by atoms with E-state index >= 15 is 0 Å². The minimum absolute atomic E-state index is 0.286. The number of hydrogen-bond acceptors (Lipinski definition) is 5. The molecule has 1 aliphatic rings. The second-order valence-electron chi connectivity index (χ2n) is 5.83. The molecule has 1 aliphatic carbocycles. The Kier molecular flexibility index (Phi) is 3.33. The zero-order valence-electron chi connectivity index (χ0n) is 12.5. The Morgan fingerprint density at radius 2 is 1.87 bits per heavy atom. The molecule has 0 bridgehead atoms. The van der Waals surface area contributed by atoms with Gasteiger partial charge in [-0.25, -0.2) is 9.37 Å². The molecule has 0 atom stereocenters. The number of hydrogen-bond donors (Lipinski definition) is 2. The van der Waals surface area contributed by atoms with Crippen molar-refractivity contribution >= 4 is 28.6 Å². The number of nitrogens with zero attached hydrogens (tertiary/aromatic N) is 4. The van der Waals surface area contributed by atoms with Crippen LogP contribution in [0.25, 0.3) is 11.2 Å². The smallest absolute Gasteiger partial charge is 0.231 e. The normalized spacial score (nSPS) is 15.3. The van der Waals surface area contributed by atoms with E-state index in [0.717, 1.165) is 18.5 Å². The molecule has 2 heterocycles. The van der Waals surface area contributed by atoms with Gasteiger partial charge >= 0.3 is 0 Å². The molecule has 0 aliphatic heterocycles. The first-order valence-electron chi connectivity index (χ1n) is 7.73. The summed E-state index contributed by atoms with van der Waals surface area (Å²) in [5.74, 6) is 0.448. The number of nitrogens with one attached hydrogen (secondary N) is 1. The molecule has 118 valence electrons. The third kappa shape index (κ3) is 2.58. The summed E-state index contributed by atoms with van der Waals surface area (Å²) in [6.07, 6.45) is 6.52. The largest absolute Gasteiger partial charge is 0.382 e. The molecule has 1 fully saturated rings. The molecule has 7 heteroatoms. The SMILES string of the molecule is Nc1nc(Nc2ccc(F)cc2)nc2c1ncn2C1CCCC1. The zero-order valence-corrected chi connectivity index (χ0v) is 12.5. The summed E-state index contributed by atoms with van der Waals surface area (Å²) in [7, 11) is 0. The van der Waals surface area contributed by atoms with Gasteiger partial charge in [-0.2, -0.15) is 9.97 Å². The Balaban J connectivity index is 1.72. The summed E-state index contributed by atoms with van der Waals surface area (Å²) < 4.78 is 15.1. The van der Waals surface area contributed by atoms with E-state index in [4.69, 9.17) is 5.73 Å². The molecular weight excluding hydrogens is 295 g/mol. The highest BCUT2D eigenvalue weighted by molar-refractivity contribution is 5.83. The van der Waals surface area contributed by atoms with Crippen molar-refractivity contribution in [3.8, 4) is 0 Å². The molecule has 3 aromatic rings. The number of imidazole rings is 1. The molecule has 0 radical (unpaired) electrons. The third-order valence-corrected chi connectivity index (χ3v) is 4.27. The van der Waals surface area contributed by atoms with Crippen LogP contribution in [0.1, 0.15) is 31.7 Å². The molecule has 0 unspecified atom stereocenters. The molecular formula is C16H17FN6. The van der Waals surface area contributed by atoms with Crippen molar-refractivity contribution in [2.75, 3.05) is 11.1 Å². The van der Waals surface area contributed by atoms with Crippen LogP contribution < -0.4 is 11.1 Å². The summed E-state index contributed by atoms with van der Waals surface area (Å²) >= 11 is 0. The highest BCUT2D eigenvalue weighted by atomic mass is 19.1. The second-order valence-corrected chi connectivity index (χ2v) is 5.83. The van der Waals surface area contributed by atoms with Crippen LogP contribution in [0.5, 0.6) is 0 Å². The molecule has 1 saturated carbocycles. The fourth-order valence-corrected chi connectivity index (χ4v) is 3.11. The van der Waals surface area contributed by atoms with Crippen LogP contribution in [-0.4, -0.2) is 19.5 Å². The van der Waals surface area contributed by atoms with E-state index in [0.29, 0.717) is 29.0 Å². The van der Waals surface area contributed by atoms with Gasteiger partial charge in [0.05, 0.1) is 6.33 Å². The standard InChI is InChI=1S/C16H17FN6/c17-10-5-7-11(8-6-10)20-16-21-14(18)13-15(22-16)23(9-19-13)12-3-1-2-4-12/h5-9,12H,1-4H2,(H3,18,20,21,22). The number of benzene rings is 1. The maximum absolute atomic E-state index is 13.0. The third-order valence-electron chi connectivity index (χ3n) is 4.27. The van der Waals surface area contributed by atoms with Crippen LogP contribution in [-0.2, 0) is 0 Å². The van der Waals surface area contributed by atoms with Gasteiger partial charge in [0.25, 0.3) is 0 Å². The van der Waals surface area contributed by atoms with Crippen molar-refractivity contribution in [2.45, 2.75) is 31.7 Å². The summed E-state index contributed by atoms with van der Waals surface area (Å²) in [4.78, 5) is 13.2. The number of anilines is 3. The number of rotatable bonds is 3. The van der Waals surface area contributed by atoms with Crippen LogP contribution in [0.15, 0.2) is 30.6 Å². The van der Waals surface area contributed by atoms with Gasteiger partial charge in [0.2, 0.25) is 5.95 Å². The van der Waals surface area contributed by atoms with Crippen molar-refractivity contribution in [1.82, 2.24) is 19.5 Å². The fourth-order valence-electron chi connectivity index (χ4n) is 3.11. The molecule has 0 saturated heterocycles. The van der Waals surface area contributed by atoms with Gasteiger partial charge in [-0.05, 0) is 37.1 Å². The minimum atomic E-state index is -0.286. The van der Waals surface area contributed by atoms with E-state index in [1.165, 1.54) is 25.0 Å². The molecule has 6 nitrogen and oxygen atoms in total. The van der Waals surface area contributed by atoms with Gasteiger partial charge in [-0.3, -0.25) is 0 Å². The first-order valence-corrected chi connectivity index (χ1v) is 7.73. The van der Waals surface area contributed by atoms with Crippen LogP contribution >= 0.6 is 0 Å². The van der Waals surface area contributed by atoms with E-state index < -0.39 is 0 Å². The quantitative estimate of drug-likeness (QED) is 0.774. The van der Waals surface area contributed by atoms with E-state index in [9.17, 15) is 4.39 Å². The average Bonchev–Trinajstić information content (AvgIpc) is 3.18. The molecule has 4 rings (SSSR count). The summed E-state index contributed by atoms with van der Waals surface area (Å²) in [5, 5.41) is 3.06. The fraction of sp³-hybridized carbons (Fsp3) is 0.312. The number of nitrogen functional groups attached to an aromatic ring is 1. The van der Waals surface area contributed by atoms with Crippen molar-refractivity contribution < 1.29 is 4.39 Å². The maximum atomic E-state index is 13.0. The van der Waals surface area contributed by atoms with Crippen molar-refractivity contribution in [1.29, 1.82) is 0 Å². The lowest BCUT2D eigenvalue weighted by atomic mass is 10.2. The van der Waals surface area contributed by atoms with Crippen molar-refractivity contribution in [3.63, 3.8) is 0 Å². The topological polar surface area (TPSA) is 81.7 Å². The summed E-state index contributed by atoms with van der Waals surface area (Å²) in [6.45, 7) is 0. The van der Waals surface area contributed by atoms with E-state index in [1.807, 2.05) is 0 Å². The zero-order chi connectivity index (χ0) is 15.8. The Labute approximate surface area is 132 Å². The van der Waals surface area contributed by atoms with Crippen molar-refractivity contribution in [3.05, 3.63) is 36.4 Å². The Morgan fingerprint density at radius 3 is 2.61 bits per heavy atom. The molecule has 0 amide bonds. The lowest BCUT2D eigenvalue weighted by Gasteiger charge is -2.12. The van der Waals surface area contributed by atoms with Gasteiger partial charge in [0.15, 0.2) is 11.5 Å². The minimum Gasteiger partial charge on any atom is -0.382 e. The van der Waals surface area contributed by atoms with Crippen molar-refractivity contribution in [2.24, 2.45) is 0 Å². The number of halogens is 1. The highest BCUT2D eigenvalue weighted by Crippen LogP contribution is 2.32. The van der Waals surface area contributed by atoms with Crippen LogP contribution in [0, 0.1) is 5.82 Å². The van der Waals surface area contributed by atoms with Crippen LogP contribution in [0.2, 0.25) is 0 Å². The van der Waals surface area contributed by atoms with Crippen LogP contribution in [0.3, 0.4) is 0 Å². The van der Waals surface area contributed by atoms with Gasteiger partial charge in [-0.1, -0.05) is 12.8 Å². The lowest BCUT2D eigenvalue weighted by molar-refractivity contribution is 0.529. The Hall–Kier alpha value is -2.70. The molecule has 23 heavy (non-hydrogen) atoms. The predicted octanol–water partition coefficient (Wildman–Crippen LogP) is 3.41. The molecule has 1 aromatic carbocycles. The van der Waals surface area contributed by atoms with Crippen LogP contribution in [0.4, 0.5) is 21.8 Å². The Bertz CT molecular complexity index is 836. The first kappa shape index (κ1) is 13.9. The maximum Gasteiger partial charge on any atom is 0.231 e. The highest BCUT2D eigenvalue weighted by Gasteiger charge is 2.21. The number of fused-ring (bicyclic) bond motifs is 1. The number of nitrogens with two attached hydrogens (primary N) is 1. The van der Waals surface area contributed by atoms with E-state index in [2.05, 4.69) is 24.8 Å². The van der Waals surface area contributed by atoms with Gasteiger partial charge in [0, 0.05) is 11.7 Å². The van der Waals surface area contributed by atoms with Gasteiger partial charge < -0.3 is 15.6 Å². The van der Waals surface area contributed by atoms with Gasteiger partial charge in [-0.15, -0.1) is 0 Å².